The van der Waals surface area contributed by atoms with Crippen LogP contribution in [0.1, 0.15) is 34.4 Å². The molecule has 1 aromatic heterocycles. The maximum Gasteiger partial charge on any atom is 0.119 e. The van der Waals surface area contributed by atoms with Crippen molar-refractivity contribution in [1.29, 1.82) is 0 Å². The fraction of sp³-hybridized carbons (Fsp3) is 0.333. The van der Waals surface area contributed by atoms with Crippen LogP contribution in [0.2, 0.25) is 0 Å². The number of benzene rings is 3. The number of aliphatic hydroxyl groups is 1. The third-order valence-electron chi connectivity index (χ3n) is 8.20. The predicted molar refractivity (Wildman–Crippen MR) is 136 cm³/mol. The van der Waals surface area contributed by atoms with Gasteiger partial charge in [0, 0.05) is 47.9 Å². The maximum atomic E-state index is 12.6. The van der Waals surface area contributed by atoms with E-state index in [1.807, 2.05) is 6.07 Å². The molecule has 1 aliphatic carbocycles. The van der Waals surface area contributed by atoms with E-state index in [1.54, 1.807) is 7.11 Å². The van der Waals surface area contributed by atoms with Crippen molar-refractivity contribution in [3.05, 3.63) is 101 Å². The number of H-pyrrole nitrogens is 1. The Labute approximate surface area is 201 Å². The monoisotopic (exact) mass is 452 g/mol. The average Bonchev–Trinajstić information content (AvgIpc) is 3.18. The van der Waals surface area contributed by atoms with Crippen LogP contribution in [-0.2, 0) is 24.8 Å². The summed E-state index contributed by atoms with van der Waals surface area (Å²) in [7, 11) is 1.71. The van der Waals surface area contributed by atoms with E-state index in [4.69, 9.17) is 4.74 Å². The van der Waals surface area contributed by atoms with Gasteiger partial charge in [0.25, 0.3) is 0 Å². The zero-order valence-electron chi connectivity index (χ0n) is 20.0. The summed E-state index contributed by atoms with van der Waals surface area (Å²) in [6.45, 7) is 4.59. The van der Waals surface area contributed by atoms with Crippen LogP contribution >= 0.6 is 0 Å². The molecule has 34 heavy (non-hydrogen) atoms. The van der Waals surface area contributed by atoms with E-state index in [1.165, 1.54) is 38.9 Å². The number of rotatable bonds is 4. The standard InChI is InChI=1S/C30H32N2O2/c1-21-11-12-25-26-17-30(33)20-32(19-22-7-4-3-5-8-22)14-13-29(30,18-28(26)31-27(25)15-21)23-9-6-10-24(16-23)34-2/h3-12,15-16,31,33H,13-14,17-20H2,1-2H3/t29-,30-/m0/s1. The third kappa shape index (κ3) is 3.36. The van der Waals surface area contributed by atoms with Gasteiger partial charge < -0.3 is 14.8 Å². The first-order valence-corrected chi connectivity index (χ1v) is 12.2. The van der Waals surface area contributed by atoms with Gasteiger partial charge in [-0.3, -0.25) is 4.90 Å². The summed E-state index contributed by atoms with van der Waals surface area (Å²) in [6, 6.07) is 25.6. The molecule has 4 aromatic rings. The predicted octanol–water partition coefficient (Wildman–Crippen LogP) is 5.16. The lowest BCUT2D eigenvalue weighted by molar-refractivity contribution is -0.105. The quantitative estimate of drug-likeness (QED) is 0.450. The van der Waals surface area contributed by atoms with Crippen molar-refractivity contribution in [3.63, 3.8) is 0 Å². The number of hydrogen-bond acceptors (Lipinski definition) is 3. The van der Waals surface area contributed by atoms with Gasteiger partial charge in [-0.05, 0) is 60.3 Å². The Hall–Kier alpha value is -3.08. The summed E-state index contributed by atoms with van der Waals surface area (Å²) in [5.74, 6) is 0.846. The third-order valence-corrected chi connectivity index (χ3v) is 8.20. The Morgan fingerprint density at radius 1 is 1.00 bits per heavy atom. The lowest BCUT2D eigenvalue weighted by Gasteiger charge is -2.56. The Bertz CT molecular complexity index is 1340. The highest BCUT2D eigenvalue weighted by atomic mass is 16.5. The number of β-amino-alcohol motifs (C(OH)–C–C–N with tert-alkyl or cyclic N) is 1. The Morgan fingerprint density at radius 2 is 1.85 bits per heavy atom. The largest absolute Gasteiger partial charge is 0.497 e. The van der Waals surface area contributed by atoms with Crippen molar-refractivity contribution in [3.8, 4) is 5.75 Å². The van der Waals surface area contributed by atoms with Crippen LogP contribution < -0.4 is 4.74 Å². The van der Waals surface area contributed by atoms with Crippen LogP contribution in [0, 0.1) is 6.92 Å². The first-order chi connectivity index (χ1) is 16.5. The minimum atomic E-state index is -0.876. The number of aryl methyl sites for hydroxylation is 1. The van der Waals surface area contributed by atoms with E-state index >= 15 is 0 Å². The molecular formula is C30H32N2O2. The van der Waals surface area contributed by atoms with Crippen molar-refractivity contribution in [2.24, 2.45) is 0 Å². The highest BCUT2D eigenvalue weighted by molar-refractivity contribution is 5.86. The zero-order chi connectivity index (χ0) is 23.3. The molecule has 4 heteroatoms. The van der Waals surface area contributed by atoms with Crippen molar-refractivity contribution in [1.82, 2.24) is 9.88 Å². The molecule has 0 radical (unpaired) electrons. The molecule has 1 fully saturated rings. The number of fused-ring (bicyclic) bond motifs is 4. The number of nitrogens with zero attached hydrogens (tertiary/aromatic N) is 1. The van der Waals surface area contributed by atoms with E-state index in [2.05, 4.69) is 83.5 Å². The Morgan fingerprint density at radius 3 is 2.68 bits per heavy atom. The highest BCUT2D eigenvalue weighted by Crippen LogP contribution is 2.52. The molecule has 0 unspecified atom stereocenters. The second-order valence-corrected chi connectivity index (χ2v) is 10.3. The SMILES string of the molecule is COc1cccc([C@@]23CCN(Cc4ccccc4)C[C@@]2(O)Cc2c([nH]c4cc(C)ccc24)C3)c1. The molecule has 0 spiro atoms. The number of likely N-dealkylation sites (tertiary alicyclic amines) is 1. The van der Waals surface area contributed by atoms with Gasteiger partial charge in [0.15, 0.2) is 0 Å². The normalized spacial score (nSPS) is 24.6. The number of hydrogen-bond donors (Lipinski definition) is 2. The van der Waals surface area contributed by atoms with E-state index in [-0.39, 0.29) is 5.41 Å². The first kappa shape index (κ1) is 21.5. The minimum Gasteiger partial charge on any atom is -0.497 e. The smallest absolute Gasteiger partial charge is 0.119 e. The molecular weight excluding hydrogens is 420 g/mol. The molecule has 2 N–H and O–H groups in total. The molecule has 2 heterocycles. The number of aromatic nitrogens is 1. The molecule has 2 atom stereocenters. The lowest BCUT2D eigenvalue weighted by atomic mass is 9.56. The molecule has 174 valence electrons. The fourth-order valence-corrected chi connectivity index (χ4v) is 6.44. The van der Waals surface area contributed by atoms with Gasteiger partial charge in [-0.2, -0.15) is 0 Å². The van der Waals surface area contributed by atoms with Crippen LogP contribution in [0.15, 0.2) is 72.8 Å². The Kier molecular flexibility index (Phi) is 5.05. The van der Waals surface area contributed by atoms with E-state index in [0.29, 0.717) is 13.0 Å². The second kappa shape index (κ2) is 8.00. The van der Waals surface area contributed by atoms with Crippen LogP contribution in [0.4, 0.5) is 0 Å². The van der Waals surface area contributed by atoms with Crippen LogP contribution in [0.25, 0.3) is 10.9 Å². The summed E-state index contributed by atoms with van der Waals surface area (Å²) < 4.78 is 5.59. The summed E-state index contributed by atoms with van der Waals surface area (Å²) in [5, 5.41) is 13.8. The topological polar surface area (TPSA) is 48.5 Å². The van der Waals surface area contributed by atoms with Gasteiger partial charge in [-0.15, -0.1) is 0 Å². The van der Waals surface area contributed by atoms with Gasteiger partial charge in [-0.1, -0.05) is 54.6 Å². The molecule has 3 aromatic carbocycles. The molecule has 0 amide bonds. The summed E-state index contributed by atoms with van der Waals surface area (Å²) in [5.41, 5.74) is 6.19. The van der Waals surface area contributed by atoms with Gasteiger partial charge in [0.05, 0.1) is 12.7 Å². The number of ether oxygens (including phenoxy) is 1. The summed E-state index contributed by atoms with van der Waals surface area (Å²) in [6.07, 6.45) is 2.35. The van der Waals surface area contributed by atoms with Gasteiger partial charge in [0.2, 0.25) is 0 Å². The molecule has 1 saturated heterocycles. The molecule has 2 aliphatic rings. The van der Waals surface area contributed by atoms with Crippen LogP contribution in [0.3, 0.4) is 0 Å². The first-order valence-electron chi connectivity index (χ1n) is 12.2. The molecule has 0 bridgehead atoms. The van der Waals surface area contributed by atoms with E-state index in [9.17, 15) is 5.11 Å². The molecule has 6 rings (SSSR count). The summed E-state index contributed by atoms with van der Waals surface area (Å²) in [4.78, 5) is 6.15. The fourth-order valence-electron chi connectivity index (χ4n) is 6.44. The van der Waals surface area contributed by atoms with Crippen molar-refractivity contribution in [2.75, 3.05) is 20.2 Å². The average molecular weight is 453 g/mol. The van der Waals surface area contributed by atoms with Crippen LogP contribution in [-0.4, -0.2) is 40.8 Å². The number of nitrogens with one attached hydrogen (secondary N) is 1. The van der Waals surface area contributed by atoms with Gasteiger partial charge >= 0.3 is 0 Å². The number of piperidine rings is 1. The molecule has 0 saturated carbocycles. The zero-order valence-corrected chi connectivity index (χ0v) is 20.0. The number of aromatic amines is 1. The Balaban J connectivity index is 1.46. The summed E-state index contributed by atoms with van der Waals surface area (Å²) >= 11 is 0. The minimum absolute atomic E-state index is 0.363. The highest BCUT2D eigenvalue weighted by Gasteiger charge is 2.57. The lowest BCUT2D eigenvalue weighted by Crippen LogP contribution is -2.66. The van der Waals surface area contributed by atoms with Gasteiger partial charge in [0.1, 0.15) is 5.75 Å². The molecule has 1 aliphatic heterocycles. The van der Waals surface area contributed by atoms with Crippen molar-refractivity contribution in [2.45, 2.75) is 43.7 Å². The second-order valence-electron chi connectivity index (χ2n) is 10.3. The van der Waals surface area contributed by atoms with Crippen LogP contribution in [0.5, 0.6) is 5.75 Å². The maximum absolute atomic E-state index is 12.6. The van der Waals surface area contributed by atoms with E-state index in [0.717, 1.165) is 31.7 Å². The molecule has 4 nitrogen and oxygen atoms in total. The van der Waals surface area contributed by atoms with Gasteiger partial charge in [-0.25, -0.2) is 0 Å². The number of methoxy groups -OCH3 is 1. The van der Waals surface area contributed by atoms with Crippen molar-refractivity contribution < 1.29 is 9.84 Å². The van der Waals surface area contributed by atoms with E-state index < -0.39 is 5.60 Å². The van der Waals surface area contributed by atoms with Crippen molar-refractivity contribution >= 4 is 10.9 Å².